The minimum atomic E-state index is 0.794. The Morgan fingerprint density at radius 2 is 1.49 bits per heavy atom. The highest BCUT2D eigenvalue weighted by molar-refractivity contribution is 6.05. The van der Waals surface area contributed by atoms with Gasteiger partial charge in [0.25, 0.3) is 0 Å². The van der Waals surface area contributed by atoms with E-state index in [4.69, 9.17) is 0 Å². The van der Waals surface area contributed by atoms with E-state index in [1.165, 1.54) is 22.3 Å². The lowest BCUT2D eigenvalue weighted by molar-refractivity contribution is 1.31. The largest absolute Gasteiger partial charge is 0.355 e. The summed E-state index contributed by atoms with van der Waals surface area (Å²) in [5, 5.41) is 3.34. The third-order valence-electron chi connectivity index (χ3n) is 5.34. The van der Waals surface area contributed by atoms with E-state index in [1.807, 2.05) is 105 Å². The topological polar surface area (TPSA) is 24.4 Å². The van der Waals surface area contributed by atoms with Crippen molar-refractivity contribution in [2.75, 3.05) is 5.32 Å². The third kappa shape index (κ3) is 17.5. The molecule has 1 aromatic carbocycles. The molecule has 1 N–H and O–H groups in total. The van der Waals surface area contributed by atoms with Gasteiger partial charge in [0, 0.05) is 18.3 Å². The first-order chi connectivity index (χ1) is 18.7. The predicted octanol–water partition coefficient (Wildman–Crippen LogP) is 12.0. The van der Waals surface area contributed by atoms with Crippen molar-refractivity contribution < 1.29 is 0 Å². The van der Waals surface area contributed by atoms with Crippen LogP contribution in [0.1, 0.15) is 79.9 Å². The van der Waals surface area contributed by atoms with Gasteiger partial charge in [-0.1, -0.05) is 114 Å². The number of nitrogens with zero attached hydrogens (tertiary/aromatic N) is 1. The Hall–Kier alpha value is -3.65. The van der Waals surface area contributed by atoms with Crippen molar-refractivity contribution in [1.29, 1.82) is 0 Å². The Kier molecular flexibility index (Phi) is 26.5. The van der Waals surface area contributed by atoms with Gasteiger partial charge in [-0.2, -0.15) is 0 Å². The molecule has 214 valence electrons. The van der Waals surface area contributed by atoms with E-state index in [1.54, 1.807) is 6.08 Å². The molecule has 2 heteroatoms. The molecule has 0 bridgehead atoms. The third-order valence-corrected chi connectivity index (χ3v) is 5.34. The Bertz CT molecular complexity index is 1060. The van der Waals surface area contributed by atoms with Crippen LogP contribution in [0.4, 0.5) is 5.69 Å². The van der Waals surface area contributed by atoms with Crippen LogP contribution in [0.15, 0.2) is 132 Å². The average molecular weight is 529 g/mol. The first-order valence-corrected chi connectivity index (χ1v) is 14.0. The second-order valence-corrected chi connectivity index (χ2v) is 8.04. The molecule has 0 saturated heterocycles. The van der Waals surface area contributed by atoms with Gasteiger partial charge in [-0.25, -0.2) is 0 Å². The number of rotatable bonds is 8. The van der Waals surface area contributed by atoms with E-state index in [2.05, 4.69) is 74.7 Å². The normalized spacial score (nSPS) is 12.2. The summed E-state index contributed by atoms with van der Waals surface area (Å²) >= 11 is 0. The van der Waals surface area contributed by atoms with E-state index >= 15 is 0 Å². The van der Waals surface area contributed by atoms with Crippen molar-refractivity contribution >= 4 is 11.4 Å². The molecule has 0 unspecified atom stereocenters. The van der Waals surface area contributed by atoms with Gasteiger partial charge < -0.3 is 5.32 Å². The van der Waals surface area contributed by atoms with Crippen LogP contribution in [0, 0.1) is 13.8 Å². The maximum absolute atomic E-state index is 4.47. The Morgan fingerprint density at radius 1 is 0.897 bits per heavy atom. The number of aryl methyl sites for hydroxylation is 2. The maximum atomic E-state index is 4.47. The van der Waals surface area contributed by atoms with Crippen LogP contribution in [0.5, 0.6) is 0 Å². The maximum Gasteiger partial charge on any atom is 0.0676 e. The molecule has 0 atom stereocenters. The van der Waals surface area contributed by atoms with Gasteiger partial charge in [0.1, 0.15) is 0 Å². The molecule has 1 heterocycles. The fraction of sp³-hybridized carbons (Fsp3) is 0.324. The van der Waals surface area contributed by atoms with Gasteiger partial charge in [0.15, 0.2) is 0 Å². The summed E-state index contributed by atoms with van der Waals surface area (Å²) < 4.78 is 0. The summed E-state index contributed by atoms with van der Waals surface area (Å²) in [6.45, 7) is 37.6. The minimum absolute atomic E-state index is 0.794. The van der Waals surface area contributed by atoms with Crippen molar-refractivity contribution in [1.82, 2.24) is 0 Å². The quantitative estimate of drug-likeness (QED) is 0.263. The fourth-order valence-electron chi connectivity index (χ4n) is 2.95. The van der Waals surface area contributed by atoms with E-state index < -0.39 is 0 Å². The highest BCUT2D eigenvalue weighted by Crippen LogP contribution is 2.24. The highest BCUT2D eigenvalue weighted by Gasteiger charge is 2.15. The second-order valence-electron chi connectivity index (χ2n) is 8.04. The molecule has 0 fully saturated rings. The van der Waals surface area contributed by atoms with E-state index in [0.717, 1.165) is 34.7 Å². The minimum Gasteiger partial charge on any atom is -0.355 e. The van der Waals surface area contributed by atoms with E-state index in [9.17, 15) is 0 Å². The molecule has 0 spiro atoms. The van der Waals surface area contributed by atoms with Crippen LogP contribution in [-0.2, 0) is 0 Å². The molecule has 1 aliphatic heterocycles. The van der Waals surface area contributed by atoms with Crippen LogP contribution in [0.25, 0.3) is 0 Å². The molecule has 1 aromatic rings. The number of hydrogen-bond donors (Lipinski definition) is 1. The van der Waals surface area contributed by atoms with Crippen LogP contribution in [0.3, 0.4) is 0 Å². The predicted molar refractivity (Wildman–Crippen MR) is 184 cm³/mol. The summed E-state index contributed by atoms with van der Waals surface area (Å²) in [4.78, 5) is 4.47. The molecule has 0 aromatic heterocycles. The lowest BCUT2D eigenvalue weighted by atomic mass is 10.0. The van der Waals surface area contributed by atoms with Gasteiger partial charge >= 0.3 is 0 Å². The van der Waals surface area contributed by atoms with Crippen molar-refractivity contribution in [2.24, 2.45) is 4.99 Å². The number of hydrogen-bond acceptors (Lipinski definition) is 2. The first kappa shape index (κ1) is 39.9. The first-order valence-electron chi connectivity index (χ1n) is 14.0. The lowest BCUT2D eigenvalue weighted by Crippen LogP contribution is -2.09. The molecule has 39 heavy (non-hydrogen) atoms. The SMILES string of the molecule is C/C=C\C.C=C/C(=C\C)C1=CN=C(C(=C)Nc2ccc(C)c(C)c2)C1.C=C/C=C\C(=C/C)C(=C)C.CC.CC. The van der Waals surface area contributed by atoms with Gasteiger partial charge in [-0.05, 0) is 88.4 Å². The summed E-state index contributed by atoms with van der Waals surface area (Å²) in [6.07, 6.45) is 18.3. The fourth-order valence-corrected chi connectivity index (χ4v) is 2.95. The lowest BCUT2D eigenvalue weighted by Gasteiger charge is -2.12. The number of allylic oxidation sites excluding steroid dienone is 13. The highest BCUT2D eigenvalue weighted by atomic mass is 14.9. The molecule has 0 amide bonds. The average Bonchev–Trinajstić information content (AvgIpc) is 3.45. The van der Waals surface area contributed by atoms with Crippen molar-refractivity contribution in [3.05, 3.63) is 138 Å². The second kappa shape index (κ2) is 26.0. The summed E-state index contributed by atoms with van der Waals surface area (Å²) in [6, 6.07) is 6.31. The molecular weight excluding hydrogens is 472 g/mol. The van der Waals surface area contributed by atoms with E-state index in [0.29, 0.717) is 0 Å². The van der Waals surface area contributed by atoms with Gasteiger partial charge in [-0.15, -0.1) is 0 Å². The zero-order valence-electron chi connectivity index (χ0n) is 26.9. The molecule has 0 aliphatic carbocycles. The Morgan fingerprint density at radius 3 is 1.90 bits per heavy atom. The molecular formula is C37H56N2. The standard InChI is InChI=1S/C19H22N2.C10H14.C4H8.2C2H6/c1-6-16(7-2)17-11-19(20-12-17)15(5)21-18-9-8-13(3)14(4)10-18;1-5-7-8-10(6-2)9(3)4;1-3-4-2;2*1-2/h6-10,12,21H,1,5,11H2,2-4H3;5-8H,1,3H2,2,4H3;3-4H,1-2H3;2*1-2H3/b16-7+;8-7-,10-6+;4-3-;;. The smallest absolute Gasteiger partial charge is 0.0676 e. The van der Waals surface area contributed by atoms with Crippen molar-refractivity contribution in [3.63, 3.8) is 0 Å². The molecule has 0 saturated carbocycles. The zero-order valence-corrected chi connectivity index (χ0v) is 26.9. The van der Waals surface area contributed by atoms with Crippen molar-refractivity contribution in [2.45, 2.75) is 82.6 Å². The van der Waals surface area contributed by atoms with Gasteiger partial charge in [0.05, 0.1) is 11.4 Å². The summed E-state index contributed by atoms with van der Waals surface area (Å²) in [5.74, 6) is 0. The van der Waals surface area contributed by atoms with E-state index in [-0.39, 0.29) is 0 Å². The van der Waals surface area contributed by atoms with Crippen LogP contribution >= 0.6 is 0 Å². The Labute approximate surface area is 242 Å². The van der Waals surface area contributed by atoms with Gasteiger partial charge in [0.2, 0.25) is 0 Å². The number of benzene rings is 1. The van der Waals surface area contributed by atoms with Crippen molar-refractivity contribution in [3.8, 4) is 0 Å². The molecule has 1 aliphatic rings. The molecule has 2 rings (SSSR count). The van der Waals surface area contributed by atoms with Crippen LogP contribution in [0.2, 0.25) is 0 Å². The van der Waals surface area contributed by atoms with Crippen LogP contribution < -0.4 is 5.32 Å². The monoisotopic (exact) mass is 528 g/mol. The number of aliphatic imine (C=N–C) groups is 1. The molecule has 0 radical (unpaired) electrons. The zero-order chi connectivity index (χ0) is 30.8. The summed E-state index contributed by atoms with van der Waals surface area (Å²) in [7, 11) is 0. The summed E-state index contributed by atoms with van der Waals surface area (Å²) in [5.41, 5.74) is 10.0. The van der Waals surface area contributed by atoms with Gasteiger partial charge in [-0.3, -0.25) is 4.99 Å². The number of nitrogens with one attached hydrogen (secondary N) is 1. The Balaban J connectivity index is -0.000000602. The molecule has 2 nitrogen and oxygen atoms in total. The van der Waals surface area contributed by atoms with Crippen LogP contribution in [-0.4, -0.2) is 5.71 Å². The number of anilines is 1.